The number of carbonyl (C=O) groups is 1. The molecular weight excluding hydrogens is 288 g/mol. The van der Waals surface area contributed by atoms with Gasteiger partial charge in [-0.3, -0.25) is 4.79 Å². The summed E-state index contributed by atoms with van der Waals surface area (Å²) in [6.45, 7) is 1.72. The van der Waals surface area contributed by atoms with Crippen LogP contribution in [0.4, 0.5) is 0 Å². The van der Waals surface area contributed by atoms with Crippen LogP contribution in [0, 0.1) is 0 Å². The Hall–Kier alpha value is -2.33. The van der Waals surface area contributed by atoms with Gasteiger partial charge in [-0.15, -0.1) is 0 Å². The van der Waals surface area contributed by atoms with Crippen molar-refractivity contribution in [3.8, 4) is 16.9 Å². The second-order valence-electron chi connectivity index (χ2n) is 5.78. The highest BCUT2D eigenvalue weighted by atomic mass is 16.5. The first-order valence-corrected chi connectivity index (χ1v) is 8.02. The summed E-state index contributed by atoms with van der Waals surface area (Å²) in [5.41, 5.74) is 4.78. The molecule has 0 saturated heterocycles. The van der Waals surface area contributed by atoms with Crippen molar-refractivity contribution in [2.24, 2.45) is 0 Å². The zero-order chi connectivity index (χ0) is 16.1. The molecule has 0 unspecified atom stereocenters. The topological polar surface area (TPSA) is 50.4 Å². The Morgan fingerprint density at radius 3 is 2.70 bits per heavy atom. The first kappa shape index (κ1) is 15.6. The van der Waals surface area contributed by atoms with Crippen LogP contribution in [0.15, 0.2) is 42.5 Å². The van der Waals surface area contributed by atoms with Gasteiger partial charge in [0.25, 0.3) is 0 Å². The van der Waals surface area contributed by atoms with Crippen molar-refractivity contribution in [1.82, 2.24) is 10.6 Å². The molecule has 0 spiro atoms. The molecule has 2 aromatic carbocycles. The fourth-order valence-corrected chi connectivity index (χ4v) is 2.78. The number of hydrogen-bond acceptors (Lipinski definition) is 3. The van der Waals surface area contributed by atoms with Gasteiger partial charge >= 0.3 is 0 Å². The fraction of sp³-hybridized carbons (Fsp3) is 0.316. The van der Waals surface area contributed by atoms with Gasteiger partial charge in [-0.2, -0.15) is 0 Å². The van der Waals surface area contributed by atoms with Crippen LogP contribution in [0.3, 0.4) is 0 Å². The Balaban J connectivity index is 1.68. The summed E-state index contributed by atoms with van der Waals surface area (Å²) in [4.78, 5) is 11.5. The van der Waals surface area contributed by atoms with E-state index < -0.39 is 0 Å². The Labute approximate surface area is 136 Å². The van der Waals surface area contributed by atoms with Crippen LogP contribution in [0.25, 0.3) is 11.1 Å². The molecule has 0 aliphatic carbocycles. The van der Waals surface area contributed by atoms with Crippen LogP contribution in [-0.4, -0.2) is 26.1 Å². The number of fused-ring (bicyclic) bond motifs is 1. The van der Waals surface area contributed by atoms with Crippen LogP contribution < -0.4 is 15.4 Å². The van der Waals surface area contributed by atoms with Crippen LogP contribution in [0.5, 0.6) is 5.75 Å². The lowest BCUT2D eigenvalue weighted by molar-refractivity contribution is -0.120. The van der Waals surface area contributed by atoms with Crippen LogP contribution >= 0.6 is 0 Å². The van der Waals surface area contributed by atoms with Crippen molar-refractivity contribution in [2.75, 3.05) is 20.2 Å². The van der Waals surface area contributed by atoms with Crippen molar-refractivity contribution in [1.29, 1.82) is 0 Å². The number of hydrogen-bond donors (Lipinski definition) is 2. The van der Waals surface area contributed by atoms with Gasteiger partial charge in [-0.25, -0.2) is 0 Å². The molecule has 1 heterocycles. The van der Waals surface area contributed by atoms with E-state index in [0.29, 0.717) is 13.1 Å². The highest BCUT2D eigenvalue weighted by molar-refractivity contribution is 5.78. The third-order valence-electron chi connectivity index (χ3n) is 4.02. The molecule has 0 fully saturated rings. The number of nitrogens with one attached hydrogen (secondary N) is 2. The Morgan fingerprint density at radius 2 is 1.91 bits per heavy atom. The third kappa shape index (κ3) is 3.90. The number of rotatable bonds is 5. The number of amides is 1. The second kappa shape index (κ2) is 7.29. The van der Waals surface area contributed by atoms with E-state index in [1.165, 1.54) is 16.7 Å². The molecule has 4 heteroatoms. The summed E-state index contributed by atoms with van der Waals surface area (Å²) in [6, 6.07) is 14.7. The average molecular weight is 310 g/mol. The largest absolute Gasteiger partial charge is 0.493 e. The summed E-state index contributed by atoms with van der Waals surface area (Å²) in [5.74, 6) is 1.02. The first-order chi connectivity index (χ1) is 11.3. The van der Waals surface area contributed by atoms with Crippen molar-refractivity contribution >= 4 is 5.91 Å². The molecule has 0 aromatic heterocycles. The van der Waals surface area contributed by atoms with Crippen molar-refractivity contribution < 1.29 is 9.53 Å². The molecule has 23 heavy (non-hydrogen) atoms. The van der Waals surface area contributed by atoms with E-state index in [9.17, 15) is 4.79 Å². The van der Waals surface area contributed by atoms with Gasteiger partial charge in [0.2, 0.25) is 5.91 Å². The van der Waals surface area contributed by atoms with Gasteiger partial charge in [0.1, 0.15) is 5.75 Å². The maximum absolute atomic E-state index is 11.5. The molecule has 120 valence electrons. The highest BCUT2D eigenvalue weighted by Crippen LogP contribution is 2.30. The smallest absolute Gasteiger partial charge is 0.234 e. The fourth-order valence-electron chi connectivity index (χ4n) is 2.78. The molecule has 2 N–H and O–H groups in total. The Bertz CT molecular complexity index is 680. The predicted molar refractivity (Wildman–Crippen MR) is 91.5 cm³/mol. The van der Waals surface area contributed by atoms with Crippen LogP contribution in [0.1, 0.15) is 17.5 Å². The molecule has 4 nitrogen and oxygen atoms in total. The van der Waals surface area contributed by atoms with E-state index in [0.717, 1.165) is 30.8 Å². The standard InChI is InChI=1S/C19H22N2O2/c1-20-13-19(22)21-12-14-4-6-15(7-5-14)16-8-9-18-17(11-16)3-2-10-23-18/h4-9,11,20H,2-3,10,12-13H2,1H3,(H,21,22). The summed E-state index contributed by atoms with van der Waals surface area (Å²) >= 11 is 0. The minimum atomic E-state index is 0.00580. The molecule has 3 rings (SSSR count). The lowest BCUT2D eigenvalue weighted by Crippen LogP contribution is -2.31. The van der Waals surface area contributed by atoms with Crippen molar-refractivity contribution in [3.05, 3.63) is 53.6 Å². The minimum absolute atomic E-state index is 0.00580. The highest BCUT2D eigenvalue weighted by Gasteiger charge is 2.11. The quantitative estimate of drug-likeness (QED) is 0.892. The van der Waals surface area contributed by atoms with E-state index in [1.807, 2.05) is 0 Å². The van der Waals surface area contributed by atoms with Gasteiger partial charge < -0.3 is 15.4 Å². The minimum Gasteiger partial charge on any atom is -0.493 e. The lowest BCUT2D eigenvalue weighted by Gasteiger charge is -2.18. The van der Waals surface area contributed by atoms with E-state index in [1.54, 1.807) is 7.05 Å². The summed E-state index contributed by atoms with van der Waals surface area (Å²) in [5, 5.41) is 5.72. The molecule has 0 bridgehead atoms. The Morgan fingerprint density at radius 1 is 1.13 bits per heavy atom. The number of likely N-dealkylation sites (N-methyl/N-ethyl adjacent to an activating group) is 1. The molecule has 2 aromatic rings. The van der Waals surface area contributed by atoms with E-state index in [2.05, 4.69) is 53.1 Å². The second-order valence-corrected chi connectivity index (χ2v) is 5.78. The summed E-state index contributed by atoms with van der Waals surface area (Å²) < 4.78 is 5.66. The summed E-state index contributed by atoms with van der Waals surface area (Å²) in [7, 11) is 1.76. The average Bonchev–Trinajstić information content (AvgIpc) is 2.60. The molecule has 1 amide bonds. The van der Waals surface area contributed by atoms with Crippen molar-refractivity contribution in [2.45, 2.75) is 19.4 Å². The molecule has 0 atom stereocenters. The maximum atomic E-state index is 11.5. The lowest BCUT2D eigenvalue weighted by atomic mass is 9.98. The zero-order valence-corrected chi connectivity index (χ0v) is 13.4. The van der Waals surface area contributed by atoms with Gasteiger partial charge in [-0.05, 0) is 54.3 Å². The number of ether oxygens (including phenoxy) is 1. The van der Waals surface area contributed by atoms with E-state index in [4.69, 9.17) is 4.74 Å². The number of benzene rings is 2. The molecule has 0 radical (unpaired) electrons. The number of aryl methyl sites for hydroxylation is 1. The monoisotopic (exact) mass is 310 g/mol. The van der Waals surface area contributed by atoms with Gasteiger partial charge in [0.05, 0.1) is 13.2 Å². The third-order valence-corrected chi connectivity index (χ3v) is 4.02. The SMILES string of the molecule is CNCC(=O)NCc1ccc(-c2ccc3c(c2)CCCO3)cc1. The normalized spacial score (nSPS) is 13.1. The molecule has 1 aliphatic rings. The summed E-state index contributed by atoms with van der Waals surface area (Å²) in [6.07, 6.45) is 2.17. The molecular formula is C19H22N2O2. The Kier molecular flexibility index (Phi) is 4.93. The van der Waals surface area contributed by atoms with Crippen LogP contribution in [0.2, 0.25) is 0 Å². The number of carbonyl (C=O) groups excluding carboxylic acids is 1. The van der Waals surface area contributed by atoms with E-state index >= 15 is 0 Å². The predicted octanol–water partition coefficient (Wildman–Crippen LogP) is 2.51. The molecule has 0 saturated carbocycles. The maximum Gasteiger partial charge on any atom is 0.234 e. The first-order valence-electron chi connectivity index (χ1n) is 8.02. The van der Waals surface area contributed by atoms with Crippen LogP contribution in [-0.2, 0) is 17.8 Å². The van der Waals surface area contributed by atoms with Gasteiger partial charge in [0.15, 0.2) is 0 Å². The van der Waals surface area contributed by atoms with Gasteiger partial charge in [0, 0.05) is 6.54 Å². The van der Waals surface area contributed by atoms with E-state index in [-0.39, 0.29) is 5.91 Å². The van der Waals surface area contributed by atoms with Gasteiger partial charge in [-0.1, -0.05) is 30.3 Å². The van der Waals surface area contributed by atoms with Crippen molar-refractivity contribution in [3.63, 3.8) is 0 Å². The zero-order valence-electron chi connectivity index (χ0n) is 13.4. The molecule has 1 aliphatic heterocycles.